The molecule has 1 aliphatic rings. The summed E-state index contributed by atoms with van der Waals surface area (Å²) in [6.45, 7) is 4.97. The van der Waals surface area contributed by atoms with E-state index in [4.69, 9.17) is 4.74 Å². The van der Waals surface area contributed by atoms with Crippen molar-refractivity contribution in [1.82, 2.24) is 4.90 Å². The Labute approximate surface area is 106 Å². The summed E-state index contributed by atoms with van der Waals surface area (Å²) in [6, 6.07) is -0.0900. The van der Waals surface area contributed by atoms with Crippen molar-refractivity contribution in [3.05, 3.63) is 0 Å². The van der Waals surface area contributed by atoms with Crippen LogP contribution in [0, 0.1) is 0 Å². The third kappa shape index (κ3) is 3.80. The molecule has 1 amide bonds. The van der Waals surface area contributed by atoms with Gasteiger partial charge in [0.05, 0.1) is 12.7 Å². The molecular weight excluding hydrogens is 244 g/mol. The van der Waals surface area contributed by atoms with Crippen LogP contribution in [-0.4, -0.2) is 41.9 Å². The van der Waals surface area contributed by atoms with Gasteiger partial charge in [-0.3, -0.25) is 0 Å². The number of hydrogen-bond donors (Lipinski definition) is 0. The van der Waals surface area contributed by atoms with Crippen LogP contribution < -0.4 is 0 Å². The Morgan fingerprint density at radius 2 is 1.94 bits per heavy atom. The molecule has 18 heavy (non-hydrogen) atoms. The van der Waals surface area contributed by atoms with E-state index in [1.54, 1.807) is 11.8 Å². The van der Waals surface area contributed by atoms with E-state index >= 15 is 0 Å². The first-order chi connectivity index (χ1) is 8.25. The quantitative estimate of drug-likeness (QED) is 0.784. The predicted molar refractivity (Wildman–Crippen MR) is 62.5 cm³/mol. The number of nitrogens with zero attached hydrogens (tertiary/aromatic N) is 1. The van der Waals surface area contributed by atoms with Crippen LogP contribution in [0.2, 0.25) is 0 Å². The maximum absolute atomic E-state index is 12.0. The predicted octanol–water partition coefficient (Wildman–Crippen LogP) is 3.01. The van der Waals surface area contributed by atoms with Gasteiger partial charge in [-0.15, -0.1) is 0 Å². The Balaban J connectivity index is 2.57. The SMILES string of the molecule is CCOC(=O)N(C1CC(OC(F)F)C1)C(C)(C)C. The Bertz CT molecular complexity index is 286. The van der Waals surface area contributed by atoms with Gasteiger partial charge in [0.15, 0.2) is 0 Å². The highest BCUT2D eigenvalue weighted by atomic mass is 19.3. The molecule has 106 valence electrons. The lowest BCUT2D eigenvalue weighted by molar-refractivity contribution is -0.194. The number of carbonyl (C=O) groups excluding carboxylic acids is 1. The van der Waals surface area contributed by atoms with Gasteiger partial charge in [-0.1, -0.05) is 0 Å². The van der Waals surface area contributed by atoms with Crippen LogP contribution in [0.5, 0.6) is 0 Å². The first-order valence-corrected chi connectivity index (χ1v) is 6.15. The van der Waals surface area contributed by atoms with E-state index in [0.29, 0.717) is 19.4 Å². The molecular formula is C12H21F2NO3. The second-order valence-electron chi connectivity index (χ2n) is 5.38. The summed E-state index contributed by atoms with van der Waals surface area (Å²) in [5, 5.41) is 0. The van der Waals surface area contributed by atoms with E-state index in [2.05, 4.69) is 4.74 Å². The largest absolute Gasteiger partial charge is 0.450 e. The summed E-state index contributed by atoms with van der Waals surface area (Å²) in [6.07, 6.45) is 0.000632. The minimum absolute atomic E-state index is 0.0900. The highest BCUT2D eigenvalue weighted by Gasteiger charge is 2.43. The fourth-order valence-corrected chi connectivity index (χ4v) is 2.17. The number of halogens is 2. The highest BCUT2D eigenvalue weighted by Crippen LogP contribution is 2.34. The van der Waals surface area contributed by atoms with Crippen molar-refractivity contribution in [2.24, 2.45) is 0 Å². The van der Waals surface area contributed by atoms with Crippen molar-refractivity contribution < 1.29 is 23.0 Å². The second-order valence-corrected chi connectivity index (χ2v) is 5.38. The van der Waals surface area contributed by atoms with Crippen LogP contribution in [0.4, 0.5) is 13.6 Å². The summed E-state index contributed by atoms with van der Waals surface area (Å²) >= 11 is 0. The van der Waals surface area contributed by atoms with E-state index in [-0.39, 0.29) is 6.04 Å². The van der Waals surface area contributed by atoms with Crippen LogP contribution in [0.3, 0.4) is 0 Å². The van der Waals surface area contributed by atoms with Crippen molar-refractivity contribution in [3.63, 3.8) is 0 Å². The van der Waals surface area contributed by atoms with E-state index in [9.17, 15) is 13.6 Å². The topological polar surface area (TPSA) is 38.8 Å². The Morgan fingerprint density at radius 3 is 2.33 bits per heavy atom. The zero-order valence-electron chi connectivity index (χ0n) is 11.3. The summed E-state index contributed by atoms with van der Waals surface area (Å²) in [5.41, 5.74) is -0.396. The Hall–Kier alpha value is -0.910. The first-order valence-electron chi connectivity index (χ1n) is 6.15. The van der Waals surface area contributed by atoms with Crippen LogP contribution in [-0.2, 0) is 9.47 Å². The van der Waals surface area contributed by atoms with Crippen molar-refractivity contribution in [3.8, 4) is 0 Å². The van der Waals surface area contributed by atoms with Gasteiger partial charge in [0.2, 0.25) is 0 Å². The summed E-state index contributed by atoms with van der Waals surface area (Å²) < 4.78 is 33.4. The van der Waals surface area contributed by atoms with Crippen LogP contribution in [0.15, 0.2) is 0 Å². The molecule has 0 N–H and O–H groups in total. The number of carbonyl (C=O) groups is 1. The van der Waals surface area contributed by atoms with Crippen molar-refractivity contribution in [2.75, 3.05) is 6.61 Å². The van der Waals surface area contributed by atoms with Crippen LogP contribution >= 0.6 is 0 Å². The molecule has 0 bridgehead atoms. The fraction of sp³-hybridized carbons (Fsp3) is 0.917. The lowest BCUT2D eigenvalue weighted by atomic mass is 9.85. The molecule has 0 aliphatic heterocycles. The van der Waals surface area contributed by atoms with E-state index in [1.807, 2.05) is 20.8 Å². The molecule has 4 nitrogen and oxygen atoms in total. The molecule has 0 radical (unpaired) electrons. The zero-order valence-corrected chi connectivity index (χ0v) is 11.3. The number of hydrogen-bond acceptors (Lipinski definition) is 3. The third-order valence-corrected chi connectivity index (χ3v) is 2.92. The molecule has 0 aromatic carbocycles. The van der Waals surface area contributed by atoms with Crippen molar-refractivity contribution >= 4 is 6.09 Å². The van der Waals surface area contributed by atoms with E-state index in [1.165, 1.54) is 0 Å². The molecule has 0 aromatic rings. The van der Waals surface area contributed by atoms with Crippen LogP contribution in [0.25, 0.3) is 0 Å². The average Bonchev–Trinajstić information content (AvgIpc) is 2.11. The molecule has 6 heteroatoms. The third-order valence-electron chi connectivity index (χ3n) is 2.92. The molecule has 1 aliphatic carbocycles. The standard InChI is InChI=1S/C12H21F2NO3/c1-5-17-11(16)15(12(2,3)4)8-6-9(7-8)18-10(13)14/h8-10H,5-7H2,1-4H3. The lowest BCUT2D eigenvalue weighted by Crippen LogP contribution is -2.58. The monoisotopic (exact) mass is 265 g/mol. The maximum atomic E-state index is 12.0. The number of amides is 1. The van der Waals surface area contributed by atoms with Gasteiger partial charge in [-0.2, -0.15) is 8.78 Å². The molecule has 1 fully saturated rings. The summed E-state index contributed by atoms with van der Waals surface area (Å²) in [7, 11) is 0. The van der Waals surface area contributed by atoms with Crippen molar-refractivity contribution in [1.29, 1.82) is 0 Å². The molecule has 1 saturated carbocycles. The molecule has 0 heterocycles. The van der Waals surface area contributed by atoms with Gasteiger partial charge in [-0.05, 0) is 40.5 Å². The van der Waals surface area contributed by atoms with Crippen LogP contribution in [0.1, 0.15) is 40.5 Å². The van der Waals surface area contributed by atoms with Gasteiger partial charge in [-0.25, -0.2) is 4.79 Å². The molecule has 1 rings (SSSR count). The summed E-state index contributed by atoms with van der Waals surface area (Å²) in [5.74, 6) is 0. The number of rotatable bonds is 4. The van der Waals surface area contributed by atoms with Gasteiger partial charge in [0, 0.05) is 11.6 Å². The maximum Gasteiger partial charge on any atom is 0.410 e. The molecule has 0 spiro atoms. The second kappa shape index (κ2) is 5.82. The lowest BCUT2D eigenvalue weighted by Gasteiger charge is -2.47. The average molecular weight is 265 g/mol. The first kappa shape index (κ1) is 15.1. The normalized spacial score (nSPS) is 23.7. The number of ether oxygens (including phenoxy) is 2. The van der Waals surface area contributed by atoms with Gasteiger partial charge in [0.25, 0.3) is 0 Å². The Morgan fingerprint density at radius 1 is 1.39 bits per heavy atom. The minimum Gasteiger partial charge on any atom is -0.450 e. The van der Waals surface area contributed by atoms with E-state index < -0.39 is 24.3 Å². The smallest absolute Gasteiger partial charge is 0.410 e. The van der Waals surface area contributed by atoms with Gasteiger partial charge in [0.1, 0.15) is 0 Å². The highest BCUT2D eigenvalue weighted by molar-refractivity contribution is 5.69. The minimum atomic E-state index is -2.75. The number of alkyl halides is 2. The molecule has 0 aromatic heterocycles. The molecule has 0 unspecified atom stereocenters. The van der Waals surface area contributed by atoms with Crippen molar-refractivity contribution in [2.45, 2.75) is 64.8 Å². The summed E-state index contributed by atoms with van der Waals surface area (Å²) in [4.78, 5) is 13.5. The molecule has 0 atom stereocenters. The van der Waals surface area contributed by atoms with Gasteiger partial charge < -0.3 is 14.4 Å². The fourth-order valence-electron chi connectivity index (χ4n) is 2.17. The van der Waals surface area contributed by atoms with E-state index in [0.717, 1.165) is 0 Å². The molecule has 0 saturated heterocycles. The Kier molecular flexibility index (Phi) is 4.90. The van der Waals surface area contributed by atoms with Gasteiger partial charge >= 0.3 is 12.7 Å². The zero-order chi connectivity index (χ0) is 13.9.